The van der Waals surface area contributed by atoms with Gasteiger partial charge in [0.25, 0.3) is 0 Å². The Balaban J connectivity index is 1.68. The van der Waals surface area contributed by atoms with Crippen molar-refractivity contribution in [2.45, 2.75) is 58.0 Å². The zero-order valence-electron chi connectivity index (χ0n) is 18.2. The van der Waals surface area contributed by atoms with Crippen LogP contribution < -0.4 is 5.32 Å². The predicted octanol–water partition coefficient (Wildman–Crippen LogP) is 4.23. The normalized spacial score (nSPS) is 16.6. The molecule has 0 spiro atoms. The zero-order chi connectivity index (χ0) is 24.4. The third-order valence-electron chi connectivity index (χ3n) is 4.76. The van der Waals surface area contributed by atoms with Crippen LogP contribution >= 0.6 is 11.6 Å². The van der Waals surface area contributed by atoms with E-state index in [4.69, 9.17) is 16.3 Å². The summed E-state index contributed by atoms with van der Waals surface area (Å²) in [5.74, 6) is -1.61. The highest BCUT2D eigenvalue weighted by atomic mass is 35.5. The Kier molecular flexibility index (Phi) is 7.11. The summed E-state index contributed by atoms with van der Waals surface area (Å²) in [5.41, 5.74) is 0.395. The molecule has 178 valence electrons. The van der Waals surface area contributed by atoms with Crippen LogP contribution in [0.15, 0.2) is 24.7 Å². The molecule has 0 aromatic carbocycles. The first-order valence-corrected chi connectivity index (χ1v) is 10.5. The minimum absolute atomic E-state index is 0.0309. The van der Waals surface area contributed by atoms with Crippen molar-refractivity contribution in [2.75, 3.05) is 6.54 Å². The predicted molar refractivity (Wildman–Crippen MR) is 113 cm³/mol. The largest absolute Gasteiger partial charge is 0.451 e. The van der Waals surface area contributed by atoms with Crippen LogP contribution in [0.3, 0.4) is 0 Å². The monoisotopic (exact) mass is 485 g/mol. The van der Waals surface area contributed by atoms with Gasteiger partial charge in [-0.2, -0.15) is 13.2 Å². The first-order chi connectivity index (χ1) is 15.3. The van der Waals surface area contributed by atoms with E-state index in [9.17, 15) is 22.8 Å². The van der Waals surface area contributed by atoms with Crippen LogP contribution in [0, 0.1) is 0 Å². The molecule has 1 unspecified atom stereocenters. The Labute approximate surface area is 193 Å². The van der Waals surface area contributed by atoms with Crippen molar-refractivity contribution in [1.29, 1.82) is 0 Å². The van der Waals surface area contributed by atoms with Gasteiger partial charge in [-0.25, -0.2) is 14.8 Å². The molecule has 33 heavy (non-hydrogen) atoms. The van der Waals surface area contributed by atoms with Crippen molar-refractivity contribution in [2.24, 2.45) is 0 Å². The van der Waals surface area contributed by atoms with E-state index in [2.05, 4.69) is 20.3 Å². The molecule has 2 aromatic heterocycles. The van der Waals surface area contributed by atoms with Gasteiger partial charge >= 0.3 is 12.3 Å². The van der Waals surface area contributed by atoms with Gasteiger partial charge in [0, 0.05) is 36.3 Å². The van der Waals surface area contributed by atoms with E-state index >= 15 is 0 Å². The maximum absolute atomic E-state index is 12.7. The smallest absolute Gasteiger partial charge is 0.444 e. The second-order valence-electron chi connectivity index (χ2n) is 8.50. The lowest BCUT2D eigenvalue weighted by Crippen LogP contribution is -2.47. The molecular weight excluding hydrogens is 463 g/mol. The number of pyridine rings is 1. The van der Waals surface area contributed by atoms with Gasteiger partial charge in [-0.3, -0.25) is 14.7 Å². The molecular formula is C21H23ClF3N5O3. The number of amides is 2. The highest BCUT2D eigenvalue weighted by molar-refractivity contribution is 6.33. The fourth-order valence-electron chi connectivity index (χ4n) is 3.29. The van der Waals surface area contributed by atoms with E-state index in [1.54, 1.807) is 20.8 Å². The lowest BCUT2D eigenvalue weighted by atomic mass is 10.1. The summed E-state index contributed by atoms with van der Waals surface area (Å²) >= 11 is 6.15. The Hall–Kier alpha value is -2.95. The number of alkyl halides is 3. The number of aromatic nitrogens is 3. The molecule has 0 bridgehead atoms. The van der Waals surface area contributed by atoms with Crippen molar-refractivity contribution < 1.29 is 27.5 Å². The van der Waals surface area contributed by atoms with Crippen LogP contribution in [0.2, 0.25) is 5.02 Å². The molecule has 1 N–H and O–H groups in total. The van der Waals surface area contributed by atoms with Crippen molar-refractivity contribution in [3.63, 3.8) is 0 Å². The summed E-state index contributed by atoms with van der Waals surface area (Å²) in [5, 5.41) is 2.94. The summed E-state index contributed by atoms with van der Waals surface area (Å²) in [7, 11) is 0. The van der Waals surface area contributed by atoms with Crippen LogP contribution in [0.1, 0.15) is 45.1 Å². The molecule has 1 aliphatic heterocycles. The average molecular weight is 486 g/mol. The molecule has 0 saturated carbocycles. The minimum atomic E-state index is -4.65. The molecule has 2 aromatic rings. The van der Waals surface area contributed by atoms with E-state index in [-0.39, 0.29) is 23.0 Å². The van der Waals surface area contributed by atoms with Gasteiger partial charge in [-0.05, 0) is 39.7 Å². The topological polar surface area (TPSA) is 97.3 Å². The molecule has 0 aliphatic carbocycles. The van der Waals surface area contributed by atoms with E-state index in [0.717, 1.165) is 12.4 Å². The first kappa shape index (κ1) is 24.7. The van der Waals surface area contributed by atoms with Gasteiger partial charge < -0.3 is 10.1 Å². The Morgan fingerprint density at radius 2 is 1.85 bits per heavy atom. The van der Waals surface area contributed by atoms with Crippen LogP contribution in [-0.4, -0.2) is 50.0 Å². The Bertz CT molecular complexity index is 1030. The highest BCUT2D eigenvalue weighted by Gasteiger charge is 2.36. The second-order valence-corrected chi connectivity index (χ2v) is 8.91. The summed E-state index contributed by atoms with van der Waals surface area (Å²) in [6, 6.07) is 0.879. The second kappa shape index (κ2) is 9.50. The summed E-state index contributed by atoms with van der Waals surface area (Å²) in [6.45, 7) is 5.71. The van der Waals surface area contributed by atoms with Crippen LogP contribution in [0.25, 0.3) is 11.1 Å². The highest BCUT2D eigenvalue weighted by Crippen LogP contribution is 2.30. The summed E-state index contributed by atoms with van der Waals surface area (Å²) in [4.78, 5) is 37.3. The Morgan fingerprint density at radius 1 is 1.18 bits per heavy atom. The number of halogens is 4. The quantitative estimate of drug-likeness (QED) is 0.696. The molecule has 12 heteroatoms. The molecule has 3 rings (SSSR count). The maximum atomic E-state index is 12.7. The molecule has 3 heterocycles. The van der Waals surface area contributed by atoms with E-state index in [0.29, 0.717) is 30.6 Å². The fourth-order valence-corrected chi connectivity index (χ4v) is 3.50. The number of carbonyl (C=O) groups is 2. The molecule has 1 fully saturated rings. The van der Waals surface area contributed by atoms with Crippen molar-refractivity contribution in [1.82, 2.24) is 25.2 Å². The Morgan fingerprint density at radius 3 is 2.45 bits per heavy atom. The maximum Gasteiger partial charge on any atom is 0.451 e. The number of hydrogen-bond acceptors (Lipinski definition) is 6. The van der Waals surface area contributed by atoms with Gasteiger partial charge in [-0.15, -0.1) is 0 Å². The van der Waals surface area contributed by atoms with Gasteiger partial charge in [0.1, 0.15) is 11.6 Å². The average Bonchev–Trinajstić information content (AvgIpc) is 3.21. The van der Waals surface area contributed by atoms with Crippen molar-refractivity contribution >= 4 is 23.6 Å². The number of hydrogen-bond donors (Lipinski definition) is 1. The van der Waals surface area contributed by atoms with Gasteiger partial charge in [0.15, 0.2) is 0 Å². The van der Waals surface area contributed by atoms with Crippen LogP contribution in [-0.2, 0) is 22.3 Å². The number of rotatable bonds is 4. The zero-order valence-corrected chi connectivity index (χ0v) is 19.0. The number of nitrogens with zero attached hydrogens (tertiary/aromatic N) is 4. The third-order valence-corrected chi connectivity index (χ3v) is 5.06. The molecule has 8 nitrogen and oxygen atoms in total. The molecule has 1 aliphatic rings. The van der Waals surface area contributed by atoms with E-state index in [1.165, 1.54) is 17.2 Å². The first-order valence-electron chi connectivity index (χ1n) is 10.2. The minimum Gasteiger partial charge on any atom is -0.444 e. The number of likely N-dealkylation sites (tertiary alicyclic amines) is 1. The molecule has 2 amide bonds. The van der Waals surface area contributed by atoms with Crippen LogP contribution in [0.5, 0.6) is 0 Å². The molecule has 0 radical (unpaired) electrons. The van der Waals surface area contributed by atoms with E-state index in [1.807, 2.05) is 0 Å². The lowest BCUT2D eigenvalue weighted by Gasteiger charge is -2.28. The van der Waals surface area contributed by atoms with Crippen molar-refractivity contribution in [3.05, 3.63) is 41.2 Å². The van der Waals surface area contributed by atoms with E-state index < -0.39 is 29.7 Å². The SMILES string of the molecule is CC(C)(C)OC(=O)N1CCCC1C(=O)NCc1cc(-c2cnc(C(F)(F)F)nc2)c(Cl)cn1. The van der Waals surface area contributed by atoms with Crippen LogP contribution in [0.4, 0.5) is 18.0 Å². The van der Waals surface area contributed by atoms with Gasteiger partial charge in [-0.1, -0.05) is 11.6 Å². The third kappa shape index (κ3) is 6.31. The lowest BCUT2D eigenvalue weighted by molar-refractivity contribution is -0.145. The standard InChI is InChI=1S/C21H23ClF3N5O3/c1-20(2,3)33-19(32)30-6-4-5-16(30)17(31)27-10-13-7-14(15(22)11-26-13)12-8-28-18(29-9-12)21(23,24)25/h7-9,11,16H,4-6,10H2,1-3H3,(H,27,31). The molecule has 1 atom stereocenters. The summed E-state index contributed by atoms with van der Waals surface area (Å²) < 4.78 is 43.5. The van der Waals surface area contributed by atoms with Gasteiger partial charge in [0.05, 0.1) is 17.3 Å². The summed E-state index contributed by atoms with van der Waals surface area (Å²) in [6.07, 6.45) is -0.633. The van der Waals surface area contributed by atoms with Gasteiger partial charge in [0.2, 0.25) is 11.7 Å². The molecule has 1 saturated heterocycles. The number of ether oxygens (including phenoxy) is 1. The van der Waals surface area contributed by atoms with Crippen molar-refractivity contribution in [3.8, 4) is 11.1 Å². The number of nitrogens with one attached hydrogen (secondary N) is 1. The number of carbonyl (C=O) groups excluding carboxylic acids is 2. The fraction of sp³-hybridized carbons (Fsp3) is 0.476.